The molecule has 1 atom stereocenters. The van der Waals surface area contributed by atoms with Gasteiger partial charge in [0.2, 0.25) is 0 Å². The Hall–Kier alpha value is -1.72. The van der Waals surface area contributed by atoms with Gasteiger partial charge in [0, 0.05) is 17.5 Å². The van der Waals surface area contributed by atoms with Crippen LogP contribution in [-0.4, -0.2) is 17.6 Å². The maximum Gasteiger partial charge on any atom is 0.257 e. The van der Waals surface area contributed by atoms with Gasteiger partial charge in [0.1, 0.15) is 11.7 Å². The van der Waals surface area contributed by atoms with Crippen LogP contribution in [0.5, 0.6) is 0 Å². The topological polar surface area (TPSA) is 63.5 Å². The van der Waals surface area contributed by atoms with Crippen LogP contribution >= 0.6 is 11.3 Å². The lowest BCUT2D eigenvalue weighted by molar-refractivity contribution is -0.378. The molecule has 0 spiro atoms. The van der Waals surface area contributed by atoms with Gasteiger partial charge in [-0.2, -0.15) is 0 Å². The first-order valence-corrected chi connectivity index (χ1v) is 6.11. The van der Waals surface area contributed by atoms with Gasteiger partial charge in [-0.15, -0.1) is 11.3 Å². The highest BCUT2D eigenvalue weighted by Gasteiger charge is 2.12. The smallest absolute Gasteiger partial charge is 0.257 e. The number of pyridine rings is 1. The van der Waals surface area contributed by atoms with Crippen LogP contribution in [0.1, 0.15) is 21.3 Å². The van der Waals surface area contributed by atoms with E-state index in [0.717, 1.165) is 4.88 Å². The second-order valence-corrected chi connectivity index (χ2v) is 4.51. The highest BCUT2D eigenvalue weighted by Crippen LogP contribution is 2.17. The number of H-pyrrole nitrogens is 1. The van der Waals surface area contributed by atoms with Crippen molar-refractivity contribution in [2.75, 3.05) is 6.54 Å². The molecule has 0 saturated carbocycles. The number of nitrogens with one attached hydrogen (secondary N) is 2. The lowest BCUT2D eigenvalue weighted by atomic mass is 10.2. The van der Waals surface area contributed by atoms with Crippen molar-refractivity contribution in [3.8, 4) is 0 Å². The number of hydrogen-bond donors (Lipinski definition) is 2. The van der Waals surface area contributed by atoms with Gasteiger partial charge in [-0.05, 0) is 17.5 Å². The quantitative estimate of drug-likeness (QED) is 0.850. The summed E-state index contributed by atoms with van der Waals surface area (Å²) in [6, 6.07) is 7.18. The molecule has 4 nitrogen and oxygen atoms in total. The fourth-order valence-electron chi connectivity index (χ4n) is 1.41. The van der Waals surface area contributed by atoms with Crippen molar-refractivity contribution in [3.63, 3.8) is 0 Å². The number of carbonyl (C=O) groups excluding carboxylic acids is 1. The number of thiophene rings is 1. The van der Waals surface area contributed by atoms with E-state index in [-0.39, 0.29) is 12.5 Å². The van der Waals surface area contributed by atoms with Gasteiger partial charge < -0.3 is 10.4 Å². The number of aromatic amines is 1. The molecule has 0 unspecified atom stereocenters. The highest BCUT2D eigenvalue weighted by atomic mass is 32.1. The van der Waals surface area contributed by atoms with E-state index in [1.165, 1.54) is 11.3 Å². The fourth-order valence-corrected chi connectivity index (χ4v) is 2.12. The van der Waals surface area contributed by atoms with Crippen LogP contribution in [0.4, 0.5) is 0 Å². The summed E-state index contributed by atoms with van der Waals surface area (Å²) in [5.41, 5.74) is 0.547. The third kappa shape index (κ3) is 3.12. The fraction of sp³-hybridized carbons (Fsp3) is 0.167. The van der Waals surface area contributed by atoms with Gasteiger partial charge in [0.25, 0.3) is 5.91 Å². The Balaban J connectivity index is 1.89. The second-order valence-electron chi connectivity index (χ2n) is 3.53. The molecule has 0 radical (unpaired) electrons. The van der Waals surface area contributed by atoms with Crippen molar-refractivity contribution in [1.82, 2.24) is 5.32 Å². The summed E-state index contributed by atoms with van der Waals surface area (Å²) in [7, 11) is 0. The maximum atomic E-state index is 11.7. The molecular formula is C12H13N2O2S+. The van der Waals surface area contributed by atoms with E-state index >= 15 is 0 Å². The molecule has 0 saturated heterocycles. The third-order valence-corrected chi connectivity index (χ3v) is 3.27. The maximum absolute atomic E-state index is 11.7. The molecule has 0 aliphatic carbocycles. The van der Waals surface area contributed by atoms with E-state index in [2.05, 4.69) is 10.3 Å². The van der Waals surface area contributed by atoms with Gasteiger partial charge in [-0.3, -0.25) is 4.79 Å². The van der Waals surface area contributed by atoms with Crippen LogP contribution in [0.3, 0.4) is 0 Å². The number of amides is 1. The lowest BCUT2D eigenvalue weighted by Gasteiger charge is -2.09. The molecule has 2 aromatic rings. The number of carbonyl (C=O) groups is 1. The van der Waals surface area contributed by atoms with Crippen molar-refractivity contribution in [2.24, 2.45) is 0 Å². The molecule has 88 valence electrons. The molecule has 2 heterocycles. The van der Waals surface area contributed by atoms with E-state index in [1.807, 2.05) is 17.5 Å². The second kappa shape index (κ2) is 5.56. The number of aliphatic hydroxyl groups excluding tert-OH is 1. The zero-order valence-electron chi connectivity index (χ0n) is 9.09. The highest BCUT2D eigenvalue weighted by molar-refractivity contribution is 7.10. The van der Waals surface area contributed by atoms with Gasteiger partial charge in [-0.1, -0.05) is 6.07 Å². The Bertz CT molecular complexity index is 471. The van der Waals surface area contributed by atoms with Crippen molar-refractivity contribution in [2.45, 2.75) is 6.10 Å². The summed E-state index contributed by atoms with van der Waals surface area (Å²) in [5, 5.41) is 14.4. The minimum Gasteiger partial charge on any atom is -0.386 e. The minimum atomic E-state index is -0.647. The summed E-state index contributed by atoms with van der Waals surface area (Å²) in [4.78, 5) is 15.4. The molecule has 3 N–H and O–H groups in total. The summed E-state index contributed by atoms with van der Waals surface area (Å²) >= 11 is 1.47. The van der Waals surface area contributed by atoms with Crippen molar-refractivity contribution >= 4 is 17.2 Å². The first-order chi connectivity index (χ1) is 8.27. The third-order valence-electron chi connectivity index (χ3n) is 2.30. The Morgan fingerprint density at radius 2 is 2.35 bits per heavy atom. The van der Waals surface area contributed by atoms with Crippen LogP contribution in [-0.2, 0) is 0 Å². The van der Waals surface area contributed by atoms with E-state index < -0.39 is 6.10 Å². The Kier molecular flexibility index (Phi) is 3.85. The van der Waals surface area contributed by atoms with Crippen molar-refractivity contribution in [3.05, 3.63) is 52.5 Å². The molecule has 17 heavy (non-hydrogen) atoms. The predicted molar refractivity (Wildman–Crippen MR) is 64.6 cm³/mol. The first-order valence-electron chi connectivity index (χ1n) is 5.23. The Morgan fingerprint density at radius 1 is 1.47 bits per heavy atom. The van der Waals surface area contributed by atoms with Gasteiger partial charge in [0.05, 0.1) is 0 Å². The SMILES string of the molecule is O=C(NC[C@H](O)c1cccs1)c1ccc[nH+]c1. The van der Waals surface area contributed by atoms with E-state index in [0.29, 0.717) is 5.56 Å². The Labute approximate surface area is 103 Å². The van der Waals surface area contributed by atoms with Gasteiger partial charge in [-0.25, -0.2) is 4.98 Å². The number of hydrogen-bond acceptors (Lipinski definition) is 3. The molecule has 0 fully saturated rings. The largest absolute Gasteiger partial charge is 0.386 e. The predicted octanol–water partition coefficient (Wildman–Crippen LogP) is 1.03. The lowest BCUT2D eigenvalue weighted by Crippen LogP contribution is -2.28. The molecular weight excluding hydrogens is 236 g/mol. The molecule has 2 rings (SSSR count). The zero-order valence-corrected chi connectivity index (χ0v) is 9.91. The number of aliphatic hydroxyl groups is 1. The molecule has 0 bridgehead atoms. The minimum absolute atomic E-state index is 0.197. The van der Waals surface area contributed by atoms with Crippen LogP contribution in [0.2, 0.25) is 0 Å². The average molecular weight is 249 g/mol. The molecule has 0 aliphatic rings. The Morgan fingerprint density at radius 3 is 3.00 bits per heavy atom. The summed E-state index contributed by atoms with van der Waals surface area (Å²) in [6.07, 6.45) is 2.70. The summed E-state index contributed by atoms with van der Waals surface area (Å²) in [6.45, 7) is 0.217. The van der Waals surface area contributed by atoms with Crippen LogP contribution in [0, 0.1) is 0 Å². The molecule has 2 aromatic heterocycles. The first kappa shape index (κ1) is 11.8. The van der Waals surface area contributed by atoms with Crippen LogP contribution in [0.25, 0.3) is 0 Å². The normalized spacial score (nSPS) is 12.1. The van der Waals surface area contributed by atoms with E-state index in [9.17, 15) is 9.90 Å². The summed E-state index contributed by atoms with van der Waals surface area (Å²) < 4.78 is 0. The average Bonchev–Trinajstić information content (AvgIpc) is 2.90. The molecule has 1 amide bonds. The van der Waals surface area contributed by atoms with E-state index in [4.69, 9.17) is 0 Å². The molecule has 5 heteroatoms. The van der Waals surface area contributed by atoms with Crippen molar-refractivity contribution in [1.29, 1.82) is 0 Å². The molecule has 0 aromatic carbocycles. The monoisotopic (exact) mass is 249 g/mol. The zero-order chi connectivity index (χ0) is 12.1. The number of aromatic nitrogens is 1. The van der Waals surface area contributed by atoms with Gasteiger partial charge in [0.15, 0.2) is 12.4 Å². The standard InChI is InChI=1S/C12H12N2O2S/c15-10(11-4-2-6-17-11)8-14-12(16)9-3-1-5-13-7-9/h1-7,10,15H,8H2,(H,14,16)/p+1/t10-/m0/s1. The summed E-state index contributed by atoms with van der Waals surface area (Å²) in [5.74, 6) is -0.197. The molecule has 0 aliphatic heterocycles. The number of rotatable bonds is 4. The van der Waals surface area contributed by atoms with Crippen LogP contribution in [0.15, 0.2) is 42.0 Å². The van der Waals surface area contributed by atoms with Gasteiger partial charge >= 0.3 is 0 Å². The van der Waals surface area contributed by atoms with E-state index in [1.54, 1.807) is 24.5 Å². The van der Waals surface area contributed by atoms with Crippen molar-refractivity contribution < 1.29 is 14.9 Å². The van der Waals surface area contributed by atoms with Crippen LogP contribution < -0.4 is 10.3 Å².